The molecule has 0 fully saturated rings. The normalized spacial score (nSPS) is 11.4. The van der Waals surface area contributed by atoms with Crippen LogP contribution >= 0.6 is 11.3 Å². The SMILES string of the molecule is O=C(Cc1ccccc1)N/N=C/c1ccccc1OS(=O)(=O)c1cccs1. The minimum Gasteiger partial charge on any atom is -0.378 e. The Morgan fingerprint density at radius 1 is 1.04 bits per heavy atom. The average Bonchev–Trinajstić information content (AvgIpc) is 3.19. The monoisotopic (exact) mass is 400 g/mol. The van der Waals surface area contributed by atoms with E-state index in [9.17, 15) is 13.2 Å². The van der Waals surface area contributed by atoms with Gasteiger partial charge in [0.05, 0.1) is 12.6 Å². The highest BCUT2D eigenvalue weighted by Crippen LogP contribution is 2.24. The Kier molecular flexibility index (Phi) is 6.00. The second-order valence-electron chi connectivity index (χ2n) is 5.46. The summed E-state index contributed by atoms with van der Waals surface area (Å²) in [6, 6.07) is 18.9. The molecule has 6 nitrogen and oxygen atoms in total. The molecule has 1 aromatic heterocycles. The van der Waals surface area contributed by atoms with Gasteiger partial charge in [0, 0.05) is 5.56 Å². The van der Waals surface area contributed by atoms with Crippen molar-refractivity contribution in [3.05, 3.63) is 83.2 Å². The van der Waals surface area contributed by atoms with Crippen LogP contribution in [0.3, 0.4) is 0 Å². The number of benzene rings is 2. The van der Waals surface area contributed by atoms with E-state index in [0.717, 1.165) is 16.9 Å². The van der Waals surface area contributed by atoms with E-state index in [2.05, 4.69) is 10.5 Å². The molecule has 0 aliphatic heterocycles. The zero-order valence-corrected chi connectivity index (χ0v) is 15.7. The molecule has 8 heteroatoms. The van der Waals surface area contributed by atoms with Gasteiger partial charge in [-0.25, -0.2) is 5.43 Å². The molecule has 3 aromatic rings. The van der Waals surface area contributed by atoms with Crippen LogP contribution in [0.5, 0.6) is 5.75 Å². The highest BCUT2D eigenvalue weighted by Gasteiger charge is 2.19. The molecular formula is C19H16N2O4S2. The molecule has 1 heterocycles. The fraction of sp³-hybridized carbons (Fsp3) is 0.0526. The summed E-state index contributed by atoms with van der Waals surface area (Å²) in [4.78, 5) is 11.9. The lowest BCUT2D eigenvalue weighted by Gasteiger charge is -2.07. The van der Waals surface area contributed by atoms with Crippen molar-refractivity contribution >= 4 is 33.6 Å². The molecular weight excluding hydrogens is 384 g/mol. The van der Waals surface area contributed by atoms with Gasteiger partial charge in [-0.3, -0.25) is 4.79 Å². The summed E-state index contributed by atoms with van der Waals surface area (Å²) < 4.78 is 29.9. The summed E-state index contributed by atoms with van der Waals surface area (Å²) in [6.07, 6.45) is 1.55. The molecule has 0 aliphatic carbocycles. The number of hydrogen-bond donors (Lipinski definition) is 1. The molecule has 0 unspecified atom stereocenters. The van der Waals surface area contributed by atoms with Gasteiger partial charge >= 0.3 is 10.1 Å². The van der Waals surface area contributed by atoms with Crippen LogP contribution in [0.2, 0.25) is 0 Å². The first-order chi connectivity index (χ1) is 13.0. The number of nitrogens with zero attached hydrogens (tertiary/aromatic N) is 1. The zero-order chi connectivity index (χ0) is 19.1. The summed E-state index contributed by atoms with van der Waals surface area (Å²) in [7, 11) is -3.91. The van der Waals surface area contributed by atoms with Gasteiger partial charge in [0.2, 0.25) is 5.91 Å². The molecule has 0 saturated heterocycles. The lowest BCUT2D eigenvalue weighted by atomic mass is 10.1. The van der Waals surface area contributed by atoms with Gasteiger partial charge in [0.15, 0.2) is 9.96 Å². The first-order valence-electron chi connectivity index (χ1n) is 7.97. The second-order valence-corrected chi connectivity index (χ2v) is 8.18. The van der Waals surface area contributed by atoms with Crippen molar-refractivity contribution in [3.63, 3.8) is 0 Å². The number of para-hydroxylation sites is 1. The van der Waals surface area contributed by atoms with E-state index in [1.165, 1.54) is 18.3 Å². The van der Waals surface area contributed by atoms with Gasteiger partial charge in [0.25, 0.3) is 0 Å². The number of carbonyl (C=O) groups is 1. The maximum absolute atomic E-state index is 12.3. The number of carbonyl (C=O) groups excluding carboxylic acids is 1. The van der Waals surface area contributed by atoms with Crippen LogP contribution < -0.4 is 9.61 Å². The van der Waals surface area contributed by atoms with Crippen molar-refractivity contribution in [2.45, 2.75) is 10.6 Å². The number of rotatable bonds is 7. The molecule has 1 N–H and O–H groups in total. The van der Waals surface area contributed by atoms with Crippen molar-refractivity contribution in [2.75, 3.05) is 0 Å². The van der Waals surface area contributed by atoms with Crippen LogP contribution in [0.15, 0.2) is 81.4 Å². The highest BCUT2D eigenvalue weighted by atomic mass is 32.3. The van der Waals surface area contributed by atoms with E-state index in [1.807, 2.05) is 30.3 Å². The third kappa shape index (κ3) is 5.25. The molecule has 0 bridgehead atoms. The molecule has 0 radical (unpaired) electrons. The first-order valence-corrected chi connectivity index (χ1v) is 10.3. The number of hydrogen-bond acceptors (Lipinski definition) is 6. The maximum Gasteiger partial charge on any atom is 0.348 e. The average molecular weight is 400 g/mol. The fourth-order valence-corrected chi connectivity index (χ4v) is 4.13. The van der Waals surface area contributed by atoms with Crippen molar-refractivity contribution in [1.82, 2.24) is 5.43 Å². The Bertz CT molecular complexity index is 1030. The van der Waals surface area contributed by atoms with Gasteiger partial charge in [-0.2, -0.15) is 13.5 Å². The summed E-state index contributed by atoms with van der Waals surface area (Å²) in [5.74, 6) is -0.144. The quantitative estimate of drug-likeness (QED) is 0.375. The number of hydrazone groups is 1. The van der Waals surface area contributed by atoms with Crippen molar-refractivity contribution in [2.24, 2.45) is 5.10 Å². The van der Waals surface area contributed by atoms with Gasteiger partial charge in [-0.05, 0) is 29.1 Å². The Hall–Kier alpha value is -2.97. The van der Waals surface area contributed by atoms with Crippen molar-refractivity contribution in [1.29, 1.82) is 0 Å². The molecule has 1 amide bonds. The minimum absolute atomic E-state index is 0.116. The lowest BCUT2D eigenvalue weighted by Crippen LogP contribution is -2.19. The van der Waals surface area contributed by atoms with E-state index in [-0.39, 0.29) is 22.3 Å². The molecule has 2 aromatic carbocycles. The maximum atomic E-state index is 12.3. The Labute approximate surface area is 161 Å². The Morgan fingerprint density at radius 2 is 1.78 bits per heavy atom. The van der Waals surface area contributed by atoms with Crippen LogP contribution in [0.25, 0.3) is 0 Å². The van der Waals surface area contributed by atoms with Gasteiger partial charge in [-0.1, -0.05) is 48.5 Å². The summed E-state index contributed by atoms with van der Waals surface area (Å²) in [5.41, 5.74) is 3.72. The van der Waals surface area contributed by atoms with Crippen LogP contribution in [0, 0.1) is 0 Å². The smallest absolute Gasteiger partial charge is 0.348 e. The zero-order valence-electron chi connectivity index (χ0n) is 14.1. The van der Waals surface area contributed by atoms with Crippen LogP contribution in [-0.4, -0.2) is 20.5 Å². The minimum atomic E-state index is -3.91. The summed E-state index contributed by atoms with van der Waals surface area (Å²) in [5, 5.41) is 5.55. The Balaban J connectivity index is 1.67. The molecule has 27 heavy (non-hydrogen) atoms. The first kappa shape index (κ1) is 18.8. The number of nitrogens with one attached hydrogen (secondary N) is 1. The molecule has 0 spiro atoms. The number of thiophene rings is 1. The summed E-state index contributed by atoms with van der Waals surface area (Å²) in [6.45, 7) is 0. The predicted molar refractivity (Wildman–Crippen MR) is 104 cm³/mol. The van der Waals surface area contributed by atoms with Gasteiger partial charge < -0.3 is 4.18 Å². The highest BCUT2D eigenvalue weighted by molar-refractivity contribution is 7.89. The lowest BCUT2D eigenvalue weighted by molar-refractivity contribution is -0.120. The van der Waals surface area contributed by atoms with E-state index >= 15 is 0 Å². The Morgan fingerprint density at radius 3 is 2.52 bits per heavy atom. The van der Waals surface area contributed by atoms with Crippen molar-refractivity contribution < 1.29 is 17.4 Å². The molecule has 3 rings (SSSR count). The van der Waals surface area contributed by atoms with Crippen LogP contribution in [-0.2, 0) is 21.3 Å². The number of amides is 1. The fourth-order valence-electron chi connectivity index (χ4n) is 2.22. The molecule has 138 valence electrons. The van der Waals surface area contributed by atoms with E-state index in [4.69, 9.17) is 4.18 Å². The van der Waals surface area contributed by atoms with E-state index < -0.39 is 10.1 Å². The van der Waals surface area contributed by atoms with Crippen LogP contribution in [0.4, 0.5) is 0 Å². The second kappa shape index (κ2) is 8.61. The molecule has 0 atom stereocenters. The van der Waals surface area contributed by atoms with Gasteiger partial charge in [-0.15, -0.1) is 11.3 Å². The largest absolute Gasteiger partial charge is 0.378 e. The predicted octanol–water partition coefficient (Wildman–Crippen LogP) is 3.21. The van der Waals surface area contributed by atoms with Crippen LogP contribution in [0.1, 0.15) is 11.1 Å². The third-order valence-corrected chi connectivity index (χ3v) is 6.05. The molecule has 0 saturated carbocycles. The topological polar surface area (TPSA) is 84.8 Å². The van der Waals surface area contributed by atoms with Crippen molar-refractivity contribution in [3.8, 4) is 5.75 Å². The molecule has 0 aliphatic rings. The third-order valence-electron chi connectivity index (χ3n) is 3.46. The van der Waals surface area contributed by atoms with Gasteiger partial charge in [0.1, 0.15) is 0 Å². The summed E-state index contributed by atoms with van der Waals surface area (Å²) >= 11 is 1.07. The van der Waals surface area contributed by atoms with E-state index in [0.29, 0.717) is 5.56 Å². The standard InChI is InChI=1S/C19H16N2O4S2/c22-18(13-15-7-2-1-3-8-15)21-20-14-16-9-4-5-10-17(16)25-27(23,24)19-11-6-12-26-19/h1-12,14H,13H2,(H,21,22)/b20-14+. The van der Waals surface area contributed by atoms with E-state index in [1.54, 1.807) is 29.6 Å².